The zero-order chi connectivity index (χ0) is 29.4. The van der Waals surface area contributed by atoms with Gasteiger partial charge in [-0.2, -0.15) is 0 Å². The maximum atomic E-state index is 11.8. The highest BCUT2D eigenvalue weighted by molar-refractivity contribution is 5.69. The number of aliphatic hydroxyl groups is 1. The predicted octanol–water partition coefficient (Wildman–Crippen LogP) is -1.33. The molecule has 0 bridgehead atoms. The fourth-order valence-corrected chi connectivity index (χ4v) is 4.05. The van der Waals surface area contributed by atoms with Crippen LogP contribution < -0.4 is 0 Å². The van der Waals surface area contributed by atoms with E-state index in [0.29, 0.717) is 0 Å². The van der Waals surface area contributed by atoms with Crippen LogP contribution in [0.2, 0.25) is 0 Å². The van der Waals surface area contributed by atoms with Crippen LogP contribution >= 0.6 is 0 Å². The summed E-state index contributed by atoms with van der Waals surface area (Å²) in [6.07, 6.45) is -13.0. The van der Waals surface area contributed by atoms with Crippen molar-refractivity contribution >= 4 is 35.8 Å². The molecule has 0 aromatic rings. The summed E-state index contributed by atoms with van der Waals surface area (Å²) in [5.41, 5.74) is 0. The average Bonchev–Trinajstić information content (AvgIpc) is 2.78. The molecule has 2 aliphatic rings. The van der Waals surface area contributed by atoms with Crippen LogP contribution in [0.4, 0.5) is 0 Å². The third kappa shape index (κ3) is 9.42. The lowest BCUT2D eigenvalue weighted by Crippen LogP contribution is -2.63. The molecule has 0 radical (unpaired) electrons. The standard InChI is InChI=1S/C23H32O16/c1-9(24)33-15-7-31-23(21(38-14(6)29)18(15)35-11(3)26)32-8-16-17(34-10(2)25)19(36-12(4)27)20(22(30)39-16)37-13(5)28/h15-23,30H,7-8H2,1-6H3/t15-,16+,17-,18-,19+,20+,21-,22-,23+/m1/s1. The first-order valence-corrected chi connectivity index (χ1v) is 11.8. The number of esters is 6. The third-order valence-corrected chi connectivity index (χ3v) is 5.24. The van der Waals surface area contributed by atoms with Gasteiger partial charge in [-0.05, 0) is 0 Å². The third-order valence-electron chi connectivity index (χ3n) is 5.24. The lowest BCUT2D eigenvalue weighted by Gasteiger charge is -2.44. The molecule has 2 aliphatic heterocycles. The molecule has 2 rings (SSSR count). The molecule has 0 spiro atoms. The summed E-state index contributed by atoms with van der Waals surface area (Å²) in [5.74, 6) is -4.79. The van der Waals surface area contributed by atoms with Crippen LogP contribution in [0.15, 0.2) is 0 Å². The molecular formula is C23H32O16. The fourth-order valence-electron chi connectivity index (χ4n) is 4.05. The lowest BCUT2D eigenvalue weighted by atomic mass is 9.98. The van der Waals surface area contributed by atoms with Crippen LogP contribution in [0, 0.1) is 0 Å². The summed E-state index contributed by atoms with van der Waals surface area (Å²) >= 11 is 0. The van der Waals surface area contributed by atoms with Crippen molar-refractivity contribution in [2.24, 2.45) is 0 Å². The van der Waals surface area contributed by atoms with Gasteiger partial charge in [-0.15, -0.1) is 0 Å². The van der Waals surface area contributed by atoms with Crippen molar-refractivity contribution in [2.45, 2.75) is 96.9 Å². The second-order valence-corrected chi connectivity index (χ2v) is 8.62. The monoisotopic (exact) mass is 564 g/mol. The molecular weight excluding hydrogens is 532 g/mol. The summed E-state index contributed by atoms with van der Waals surface area (Å²) in [7, 11) is 0. The molecule has 0 saturated carbocycles. The van der Waals surface area contributed by atoms with E-state index in [1.165, 1.54) is 0 Å². The number of hydrogen-bond acceptors (Lipinski definition) is 16. The Morgan fingerprint density at radius 2 is 1.05 bits per heavy atom. The average molecular weight is 564 g/mol. The fraction of sp³-hybridized carbons (Fsp3) is 0.739. The molecule has 0 aliphatic carbocycles. The molecule has 2 heterocycles. The SMILES string of the molecule is CC(=O)O[C@@H]1[C@H](OC(C)=O)[C@H](O)O[C@@H](CO[C@@H]2OC[C@@H](OC(C)=O)[C@@H](OC(C)=O)[C@H]2OC(C)=O)[C@H]1OC(C)=O. The van der Waals surface area contributed by atoms with Crippen molar-refractivity contribution in [3.05, 3.63) is 0 Å². The first-order valence-electron chi connectivity index (χ1n) is 11.8. The first kappa shape index (κ1) is 31.9. The Bertz CT molecular complexity index is 933. The van der Waals surface area contributed by atoms with Crippen molar-refractivity contribution in [1.29, 1.82) is 0 Å². The van der Waals surface area contributed by atoms with Crippen LogP contribution in [0.3, 0.4) is 0 Å². The van der Waals surface area contributed by atoms with E-state index in [1.807, 2.05) is 0 Å². The summed E-state index contributed by atoms with van der Waals surface area (Å²) in [5, 5.41) is 10.5. The molecule has 9 atom stereocenters. The van der Waals surface area contributed by atoms with Gasteiger partial charge in [0.1, 0.15) is 6.10 Å². The lowest BCUT2D eigenvalue weighted by molar-refractivity contribution is -0.317. The van der Waals surface area contributed by atoms with E-state index in [0.717, 1.165) is 41.5 Å². The van der Waals surface area contributed by atoms with E-state index >= 15 is 0 Å². The Kier molecular flexibility index (Phi) is 11.6. The number of hydrogen-bond donors (Lipinski definition) is 1. The Morgan fingerprint density at radius 3 is 1.56 bits per heavy atom. The van der Waals surface area contributed by atoms with Crippen LogP contribution in [0.1, 0.15) is 41.5 Å². The second kappa shape index (κ2) is 14.2. The number of carbonyl (C=O) groups excluding carboxylic acids is 6. The minimum absolute atomic E-state index is 0.327. The van der Waals surface area contributed by atoms with Crippen molar-refractivity contribution in [3.8, 4) is 0 Å². The van der Waals surface area contributed by atoms with Gasteiger partial charge < -0.3 is 47.7 Å². The van der Waals surface area contributed by atoms with Gasteiger partial charge in [0.15, 0.2) is 49.2 Å². The Morgan fingerprint density at radius 1 is 0.615 bits per heavy atom. The molecule has 220 valence electrons. The highest BCUT2D eigenvalue weighted by atomic mass is 16.7. The van der Waals surface area contributed by atoms with E-state index in [4.69, 9.17) is 42.6 Å². The first-order chi connectivity index (χ1) is 18.2. The largest absolute Gasteiger partial charge is 0.456 e. The smallest absolute Gasteiger partial charge is 0.303 e. The minimum atomic E-state index is -1.84. The Labute approximate surface area is 223 Å². The summed E-state index contributed by atoms with van der Waals surface area (Å²) in [4.78, 5) is 70.3. The maximum absolute atomic E-state index is 11.8. The van der Waals surface area contributed by atoms with E-state index in [9.17, 15) is 33.9 Å². The molecule has 1 N–H and O–H groups in total. The predicted molar refractivity (Wildman–Crippen MR) is 120 cm³/mol. The highest BCUT2D eigenvalue weighted by Crippen LogP contribution is 2.30. The summed E-state index contributed by atoms with van der Waals surface area (Å²) in [6, 6.07) is 0. The number of rotatable bonds is 9. The normalized spacial score (nSPS) is 32.2. The van der Waals surface area contributed by atoms with Gasteiger partial charge in [0, 0.05) is 41.5 Å². The highest BCUT2D eigenvalue weighted by Gasteiger charge is 2.53. The Hall–Kier alpha value is -3.34. The van der Waals surface area contributed by atoms with Gasteiger partial charge in [-0.25, -0.2) is 0 Å². The zero-order valence-corrected chi connectivity index (χ0v) is 22.2. The zero-order valence-electron chi connectivity index (χ0n) is 22.2. The number of ether oxygens (including phenoxy) is 9. The van der Waals surface area contributed by atoms with Gasteiger partial charge in [0.25, 0.3) is 0 Å². The van der Waals surface area contributed by atoms with Crippen molar-refractivity contribution < 1.29 is 76.5 Å². The van der Waals surface area contributed by atoms with E-state index < -0.39 is 97.7 Å². The number of aliphatic hydroxyl groups excluding tert-OH is 1. The van der Waals surface area contributed by atoms with E-state index in [-0.39, 0.29) is 6.61 Å². The molecule has 0 aromatic carbocycles. The molecule has 0 aromatic heterocycles. The van der Waals surface area contributed by atoms with Gasteiger partial charge in [-0.3, -0.25) is 28.8 Å². The number of carbonyl (C=O) groups is 6. The second-order valence-electron chi connectivity index (χ2n) is 8.62. The van der Waals surface area contributed by atoms with Gasteiger partial charge >= 0.3 is 35.8 Å². The molecule has 0 amide bonds. The molecule has 2 saturated heterocycles. The van der Waals surface area contributed by atoms with Crippen LogP contribution in [0.25, 0.3) is 0 Å². The van der Waals surface area contributed by atoms with Gasteiger partial charge in [0.2, 0.25) is 0 Å². The van der Waals surface area contributed by atoms with E-state index in [2.05, 4.69) is 0 Å². The van der Waals surface area contributed by atoms with Gasteiger partial charge in [-0.1, -0.05) is 0 Å². The van der Waals surface area contributed by atoms with Crippen LogP contribution in [-0.4, -0.2) is 109 Å². The Balaban J connectivity index is 2.32. The van der Waals surface area contributed by atoms with Crippen LogP contribution in [0.5, 0.6) is 0 Å². The van der Waals surface area contributed by atoms with Crippen molar-refractivity contribution in [2.75, 3.05) is 13.2 Å². The quantitative estimate of drug-likeness (QED) is 0.254. The van der Waals surface area contributed by atoms with E-state index in [1.54, 1.807) is 0 Å². The molecule has 2 fully saturated rings. The summed E-state index contributed by atoms with van der Waals surface area (Å²) < 4.78 is 47.9. The molecule has 39 heavy (non-hydrogen) atoms. The maximum Gasteiger partial charge on any atom is 0.303 e. The topological polar surface area (TPSA) is 206 Å². The molecule has 16 heteroatoms. The van der Waals surface area contributed by atoms with Crippen LogP contribution in [-0.2, 0) is 71.4 Å². The van der Waals surface area contributed by atoms with Gasteiger partial charge in [0.05, 0.1) is 13.2 Å². The van der Waals surface area contributed by atoms with Crippen molar-refractivity contribution in [3.63, 3.8) is 0 Å². The summed E-state index contributed by atoms with van der Waals surface area (Å²) in [6.45, 7) is 5.60. The van der Waals surface area contributed by atoms with Crippen molar-refractivity contribution in [1.82, 2.24) is 0 Å². The molecule has 16 nitrogen and oxygen atoms in total. The molecule has 0 unspecified atom stereocenters. The minimum Gasteiger partial charge on any atom is -0.456 e.